The number of phenolic OH excluding ortho intramolecular Hbond substituents is 1. The molecule has 6 heterocycles. The van der Waals surface area contributed by atoms with E-state index in [0.717, 1.165) is 44.4 Å². The van der Waals surface area contributed by atoms with Crippen LogP contribution >= 0.6 is 0 Å². The van der Waals surface area contributed by atoms with Gasteiger partial charge in [0.15, 0.2) is 0 Å². The first-order valence-electron chi connectivity index (χ1n) is 22.8. The van der Waals surface area contributed by atoms with E-state index in [4.69, 9.17) is 9.47 Å². The minimum Gasteiger partial charge on any atom is -0.508 e. The van der Waals surface area contributed by atoms with Crippen molar-refractivity contribution in [2.45, 2.75) is 97.6 Å². The number of rotatable bonds is 10. The average molecular weight is 891 g/mol. The summed E-state index contributed by atoms with van der Waals surface area (Å²) >= 11 is 0. The number of hydrogen-bond donors (Lipinski definition) is 4. The number of ether oxygens (including phenoxy) is 2. The van der Waals surface area contributed by atoms with Crippen LogP contribution in [0.5, 0.6) is 5.75 Å². The van der Waals surface area contributed by atoms with Gasteiger partial charge in [-0.2, -0.15) is 0 Å². The molecule has 0 aliphatic carbocycles. The number of carbonyl (C=O) groups is 5. The fourth-order valence-electron chi connectivity index (χ4n) is 9.81. The number of hydrazine groups is 1. The second kappa shape index (κ2) is 18.6. The summed E-state index contributed by atoms with van der Waals surface area (Å²) < 4.78 is 14.0. The molecule has 4 atom stereocenters. The number of amides is 4. The molecule has 0 radical (unpaired) electrons. The first-order valence-corrected chi connectivity index (χ1v) is 22.8. The van der Waals surface area contributed by atoms with Crippen molar-refractivity contribution in [2.24, 2.45) is 17.3 Å². The van der Waals surface area contributed by atoms with Gasteiger partial charge in [0.05, 0.1) is 30.9 Å². The Hall–Kier alpha value is -5.84. The Balaban J connectivity index is 1.17. The maximum atomic E-state index is 14.7. The van der Waals surface area contributed by atoms with E-state index >= 15 is 0 Å². The Morgan fingerprint density at radius 2 is 1.86 bits per heavy atom. The van der Waals surface area contributed by atoms with E-state index < -0.39 is 47.2 Å². The highest BCUT2D eigenvalue weighted by atomic mass is 16.5. The van der Waals surface area contributed by atoms with E-state index in [2.05, 4.69) is 58.5 Å². The Bertz CT molecular complexity index is 2490. The molecular weight excluding hydrogens is 829 g/mol. The van der Waals surface area contributed by atoms with Gasteiger partial charge in [0, 0.05) is 87.6 Å². The molecule has 3 saturated heterocycles. The summed E-state index contributed by atoms with van der Waals surface area (Å²) in [5.74, 6) is -2.51. The number of aryl methyl sites for hydroxylation is 1. The lowest BCUT2D eigenvalue weighted by atomic mass is 9.84. The molecule has 4 aromatic rings. The predicted octanol–water partition coefficient (Wildman–Crippen LogP) is 3.80. The number of benzene rings is 2. The molecule has 4 N–H and O–H groups in total. The third-order valence-corrected chi connectivity index (χ3v) is 13.2. The lowest BCUT2D eigenvalue weighted by Crippen LogP contribution is -2.63. The van der Waals surface area contributed by atoms with E-state index in [9.17, 15) is 29.1 Å². The molecule has 4 aliphatic rings. The number of cyclic esters (lactones) is 1. The van der Waals surface area contributed by atoms with E-state index in [1.54, 1.807) is 37.4 Å². The number of aromatic hydroxyl groups is 1. The highest BCUT2D eigenvalue weighted by Gasteiger charge is 2.45. The maximum Gasteiger partial charge on any atom is 0.324 e. The Morgan fingerprint density at radius 3 is 2.57 bits per heavy atom. The van der Waals surface area contributed by atoms with Crippen molar-refractivity contribution in [3.63, 3.8) is 0 Å². The van der Waals surface area contributed by atoms with Crippen molar-refractivity contribution >= 4 is 40.5 Å². The van der Waals surface area contributed by atoms with Crippen LogP contribution in [0.3, 0.4) is 0 Å². The molecule has 65 heavy (non-hydrogen) atoms. The molecule has 16 nitrogen and oxygen atoms in total. The second-order valence-electron chi connectivity index (χ2n) is 19.2. The Morgan fingerprint density at radius 1 is 1.09 bits per heavy atom. The molecule has 1 unspecified atom stereocenters. The number of likely N-dealkylation sites (N-methyl/N-ethyl adjacent to an activating group) is 1. The number of hydrogen-bond acceptors (Lipinski definition) is 11. The number of carbonyl (C=O) groups excluding carboxylic acids is 5. The number of pyridine rings is 1. The fraction of sp³-hybridized carbons (Fsp3) is 0.510. The van der Waals surface area contributed by atoms with E-state index in [0.29, 0.717) is 44.5 Å². The average Bonchev–Trinajstić information content (AvgIpc) is 4.07. The summed E-state index contributed by atoms with van der Waals surface area (Å²) in [6.45, 7) is 12.6. The van der Waals surface area contributed by atoms with Crippen molar-refractivity contribution < 1.29 is 38.6 Å². The smallest absolute Gasteiger partial charge is 0.324 e. The monoisotopic (exact) mass is 890 g/mol. The number of esters is 1. The number of likely N-dealkylation sites (tertiary alicyclic amines) is 1. The summed E-state index contributed by atoms with van der Waals surface area (Å²) in [7, 11) is 3.26. The van der Waals surface area contributed by atoms with Crippen LogP contribution < -0.4 is 16.1 Å². The molecule has 0 saturated carbocycles. The minimum atomic E-state index is -1.15. The molecule has 16 heteroatoms. The van der Waals surface area contributed by atoms with E-state index in [1.807, 2.05) is 38.2 Å². The van der Waals surface area contributed by atoms with Gasteiger partial charge in [-0.25, -0.2) is 5.43 Å². The SMILES string of the molecule is CCn1c(-c2cnccc2COC)c2c3cc(ccc31)-c1cc(O)cc(c1)C[C@H](NC(=O)C(C(C)C)N(C)C(=O)C1CN(C(=O)[C@@H]3CN3)C1)C(=O)N1CCC[C@H](N1)C(=O)OCC(C)(C)C2. The van der Waals surface area contributed by atoms with Crippen LogP contribution in [0.4, 0.5) is 0 Å². The third kappa shape index (κ3) is 9.47. The Kier molecular flexibility index (Phi) is 13.1. The second-order valence-corrected chi connectivity index (χ2v) is 19.2. The van der Waals surface area contributed by atoms with Gasteiger partial charge < -0.3 is 39.6 Å². The van der Waals surface area contributed by atoms with Gasteiger partial charge in [0.25, 0.3) is 5.91 Å². The van der Waals surface area contributed by atoms with Gasteiger partial charge in [-0.05, 0) is 90.3 Å². The maximum absolute atomic E-state index is 14.7. The van der Waals surface area contributed by atoms with Gasteiger partial charge in [-0.3, -0.25) is 34.0 Å². The number of nitrogens with one attached hydrogen (secondary N) is 3. The molecule has 2 aromatic heterocycles. The zero-order valence-corrected chi connectivity index (χ0v) is 38.5. The molecule has 6 bridgehead atoms. The molecule has 346 valence electrons. The van der Waals surface area contributed by atoms with Crippen LogP contribution in [0.15, 0.2) is 54.9 Å². The van der Waals surface area contributed by atoms with Crippen molar-refractivity contribution in [2.75, 3.05) is 46.9 Å². The number of fused-ring (bicyclic) bond motifs is 6. The number of phenols is 1. The molecule has 3 fully saturated rings. The van der Waals surface area contributed by atoms with Crippen molar-refractivity contribution in [1.82, 2.24) is 40.4 Å². The molecule has 4 aliphatic heterocycles. The van der Waals surface area contributed by atoms with Crippen LogP contribution in [0.2, 0.25) is 0 Å². The van der Waals surface area contributed by atoms with Crippen molar-refractivity contribution in [1.29, 1.82) is 0 Å². The summed E-state index contributed by atoms with van der Waals surface area (Å²) in [5, 5.41) is 19.7. The quantitative estimate of drug-likeness (QED) is 0.134. The lowest BCUT2D eigenvalue weighted by molar-refractivity contribution is -0.155. The molecule has 2 aromatic carbocycles. The van der Waals surface area contributed by atoms with Crippen LogP contribution in [0, 0.1) is 17.3 Å². The molecule has 0 spiro atoms. The third-order valence-electron chi connectivity index (χ3n) is 13.2. The fourth-order valence-corrected chi connectivity index (χ4v) is 9.81. The molecule has 4 amide bonds. The normalized spacial score (nSPS) is 21.6. The van der Waals surface area contributed by atoms with Gasteiger partial charge in [0.2, 0.25) is 17.7 Å². The van der Waals surface area contributed by atoms with Crippen molar-refractivity contribution in [3.8, 4) is 28.1 Å². The highest BCUT2D eigenvalue weighted by Crippen LogP contribution is 2.41. The van der Waals surface area contributed by atoms with Gasteiger partial charge in [-0.1, -0.05) is 39.8 Å². The van der Waals surface area contributed by atoms with E-state index in [1.165, 1.54) is 9.91 Å². The first kappa shape index (κ1) is 45.7. The largest absolute Gasteiger partial charge is 0.508 e. The standard InChI is InChI=1S/C49H62N8O8/c1-8-56-41-12-11-30-20-35(41)36(43(56)37-22-50-14-13-31(37)26-64-7)21-49(4,5)27-65-48(63)38-10-9-15-57(53-38)47(62)39(18-29-16-32(30)19-34(58)17-29)52-44(59)42(28(2)3)54(6)45(60)33-24-55(25-33)46(61)40-23-51-40/h11-14,16-17,19-20,22,28,33,38-40,42,51,53,58H,8-10,15,18,21,23-27H2,1-7H3,(H,52,59)/t38-,39-,40-,42?/m0/s1. The summed E-state index contributed by atoms with van der Waals surface area (Å²) in [4.78, 5) is 77.0. The first-order chi connectivity index (χ1) is 31.1. The highest BCUT2D eigenvalue weighted by molar-refractivity contribution is 5.96. The molecule has 8 rings (SSSR count). The van der Waals surface area contributed by atoms with Crippen molar-refractivity contribution in [3.05, 3.63) is 71.5 Å². The van der Waals surface area contributed by atoms with Crippen LogP contribution in [-0.4, -0.2) is 130 Å². The number of aromatic nitrogens is 2. The number of methoxy groups -OCH3 is 1. The Labute approximate surface area is 380 Å². The zero-order chi connectivity index (χ0) is 46.3. The zero-order valence-electron chi connectivity index (χ0n) is 38.5. The summed E-state index contributed by atoms with van der Waals surface area (Å²) in [6.07, 6.45) is 5.14. The van der Waals surface area contributed by atoms with Gasteiger partial charge >= 0.3 is 5.97 Å². The lowest BCUT2D eigenvalue weighted by Gasteiger charge is -2.42. The minimum absolute atomic E-state index is 0.00202. The predicted molar refractivity (Wildman–Crippen MR) is 244 cm³/mol. The van der Waals surface area contributed by atoms with Gasteiger partial charge in [-0.15, -0.1) is 0 Å². The van der Waals surface area contributed by atoms with Gasteiger partial charge in [0.1, 0.15) is 23.9 Å². The molecular formula is C49H62N8O8. The van der Waals surface area contributed by atoms with Crippen LogP contribution in [0.1, 0.15) is 64.2 Å². The summed E-state index contributed by atoms with van der Waals surface area (Å²) in [5.41, 5.74) is 9.76. The van der Waals surface area contributed by atoms with Crippen LogP contribution in [0.25, 0.3) is 33.3 Å². The summed E-state index contributed by atoms with van der Waals surface area (Å²) in [6, 6.07) is 10.3. The van der Waals surface area contributed by atoms with E-state index in [-0.39, 0.29) is 62.2 Å². The van der Waals surface area contributed by atoms with Crippen LogP contribution in [-0.2, 0) is 59.4 Å². The number of nitrogens with zero attached hydrogens (tertiary/aromatic N) is 5. The topological polar surface area (TPSA) is 198 Å².